The first-order valence-electron chi connectivity index (χ1n) is 10.7. The van der Waals surface area contributed by atoms with E-state index in [4.69, 9.17) is 0 Å². The van der Waals surface area contributed by atoms with Crippen LogP contribution in [0.2, 0.25) is 0 Å². The number of benzene rings is 1. The maximum atomic E-state index is 4.57. The molecule has 2 aromatic heterocycles. The molecule has 1 aliphatic rings. The molecule has 4 aromatic rings. The van der Waals surface area contributed by atoms with Gasteiger partial charge < -0.3 is 14.9 Å². The summed E-state index contributed by atoms with van der Waals surface area (Å²) in [5.74, 6) is 0.507. The van der Waals surface area contributed by atoms with Crippen LogP contribution in [0.3, 0.4) is 0 Å². The molecule has 2 aromatic carbocycles. The van der Waals surface area contributed by atoms with E-state index in [0.29, 0.717) is 5.92 Å². The van der Waals surface area contributed by atoms with Crippen LogP contribution in [0.5, 0.6) is 0 Å². The van der Waals surface area contributed by atoms with Gasteiger partial charge in [0.25, 0.3) is 0 Å². The molecule has 0 unspecified atom stereocenters. The fourth-order valence-electron chi connectivity index (χ4n) is 3.61. The second kappa shape index (κ2) is 18.5. The fraction of sp³-hybridized carbons (Fsp3) is 0.167. The van der Waals surface area contributed by atoms with Crippen molar-refractivity contribution in [1.82, 2.24) is 9.97 Å². The molecule has 0 spiro atoms. The summed E-state index contributed by atoms with van der Waals surface area (Å²) in [4.78, 5) is 9.08. The molecule has 36 heavy (non-hydrogen) atoms. The van der Waals surface area contributed by atoms with Crippen LogP contribution < -0.4 is 0 Å². The van der Waals surface area contributed by atoms with Gasteiger partial charge in [0.15, 0.2) is 0 Å². The average molecular weight is 613 g/mol. The van der Waals surface area contributed by atoms with E-state index in [2.05, 4.69) is 92.2 Å². The van der Waals surface area contributed by atoms with Crippen LogP contribution in [0.1, 0.15) is 38.7 Å². The molecule has 0 bridgehead atoms. The first-order chi connectivity index (χ1) is 15.6. The molecule has 5 rings (SSSR count). The summed E-state index contributed by atoms with van der Waals surface area (Å²) < 4.78 is 0. The molecule has 0 aliphatic heterocycles. The van der Waals surface area contributed by atoms with Gasteiger partial charge in [-0.05, 0) is 41.3 Å². The summed E-state index contributed by atoms with van der Waals surface area (Å²) in [5.41, 5.74) is 6.92. The molecular formula is C30H34Cl2N2SiZr-4. The number of halogens is 2. The van der Waals surface area contributed by atoms with E-state index in [1.165, 1.54) is 50.8 Å². The quantitative estimate of drug-likeness (QED) is 0.171. The summed E-state index contributed by atoms with van der Waals surface area (Å²) in [6.07, 6.45) is 12.0. The molecule has 1 aliphatic carbocycles. The molecule has 0 atom stereocenters. The Morgan fingerprint density at radius 1 is 0.917 bits per heavy atom. The second-order valence-electron chi connectivity index (χ2n) is 7.87. The molecular weight excluding hydrogens is 579 g/mol. The first-order valence-corrected chi connectivity index (χ1v) is 14.9. The van der Waals surface area contributed by atoms with Gasteiger partial charge >= 0.3 is 30.2 Å². The Morgan fingerprint density at radius 3 is 1.97 bits per heavy atom. The van der Waals surface area contributed by atoms with Crippen molar-refractivity contribution in [2.24, 2.45) is 0 Å². The van der Waals surface area contributed by atoms with E-state index >= 15 is 0 Å². The van der Waals surface area contributed by atoms with E-state index in [1.54, 1.807) is 0 Å². The number of allylic oxidation sites excluding steroid dienone is 4. The fourth-order valence-corrected chi connectivity index (χ4v) is 3.61. The SMILES string of the molecule is CC(C)c1cc2c(-c3ccccn3)cc(-c3ccccn3)cc2[cH-]1.CC1=[C-]CC=C1.Cl.Cl.[CH3-].[CH3-].[Si]=[Zr]. The van der Waals surface area contributed by atoms with Gasteiger partial charge in [0, 0.05) is 12.4 Å². The van der Waals surface area contributed by atoms with Crippen LogP contribution in [0.25, 0.3) is 33.3 Å². The van der Waals surface area contributed by atoms with Gasteiger partial charge in [-0.2, -0.15) is 12.1 Å². The Kier molecular flexibility index (Phi) is 18.8. The van der Waals surface area contributed by atoms with Crippen molar-refractivity contribution in [2.45, 2.75) is 33.1 Å². The van der Waals surface area contributed by atoms with Crippen LogP contribution in [-0.2, 0) is 23.3 Å². The predicted molar refractivity (Wildman–Crippen MR) is 159 cm³/mol. The van der Waals surface area contributed by atoms with Crippen molar-refractivity contribution < 1.29 is 23.3 Å². The maximum absolute atomic E-state index is 4.57. The molecule has 6 heteroatoms. The molecule has 2 nitrogen and oxygen atoms in total. The zero-order valence-corrected chi connectivity index (χ0v) is 26.7. The van der Waals surface area contributed by atoms with E-state index in [9.17, 15) is 0 Å². The average Bonchev–Trinajstić information content (AvgIpc) is 3.50. The Balaban J connectivity index is 0. The minimum absolute atomic E-state index is 0. The Bertz CT molecular complexity index is 1220. The van der Waals surface area contributed by atoms with Crippen molar-refractivity contribution in [1.29, 1.82) is 0 Å². The monoisotopic (exact) mass is 610 g/mol. The van der Waals surface area contributed by atoms with Gasteiger partial charge in [0.05, 0.1) is 11.4 Å². The number of aromatic nitrogens is 2. The van der Waals surface area contributed by atoms with Gasteiger partial charge in [-0.15, -0.1) is 59.7 Å². The number of nitrogens with zero attached hydrogens (tertiary/aromatic N) is 2. The standard InChI is InChI=1S/C22H19N2.C6H7.2CH3.2ClH.Si.Zr/c1-15(2)16-11-17-12-18(21-7-3-5-9-23-21)14-20(19(17)13-16)22-8-4-6-10-24-22;1-6-4-2-3-5-6;;;;;;/h3-15H,1-2H3;2,4H,3H2,1H3;2*1H3;2*1H;;/q4*-1;;;;. The second-order valence-corrected chi connectivity index (χ2v) is 7.87. The van der Waals surface area contributed by atoms with Gasteiger partial charge in [-0.1, -0.05) is 39.0 Å². The Hall–Kier alpha value is -1.71. The number of pyridine rings is 2. The molecule has 0 fully saturated rings. The number of hydrogen-bond acceptors (Lipinski definition) is 2. The first kappa shape index (κ1) is 36.4. The van der Waals surface area contributed by atoms with Crippen LogP contribution in [0.15, 0.2) is 90.8 Å². The van der Waals surface area contributed by atoms with Crippen LogP contribution in [0, 0.1) is 20.9 Å². The van der Waals surface area contributed by atoms with E-state index in [0.717, 1.165) is 23.4 Å². The predicted octanol–water partition coefficient (Wildman–Crippen LogP) is 8.86. The molecule has 2 heterocycles. The van der Waals surface area contributed by atoms with Gasteiger partial charge in [-0.3, -0.25) is 16.0 Å². The molecule has 0 N–H and O–H groups in total. The zero-order chi connectivity index (χ0) is 22.9. The Morgan fingerprint density at radius 2 is 1.53 bits per heavy atom. The van der Waals surface area contributed by atoms with Gasteiger partial charge in [-0.25, -0.2) is 11.6 Å². The van der Waals surface area contributed by atoms with E-state index < -0.39 is 0 Å². The topological polar surface area (TPSA) is 25.8 Å². The third-order valence-electron chi connectivity index (χ3n) is 5.28. The Labute approximate surface area is 247 Å². The van der Waals surface area contributed by atoms with Gasteiger partial charge in [0.1, 0.15) is 0 Å². The van der Waals surface area contributed by atoms with Crippen molar-refractivity contribution in [3.8, 4) is 22.5 Å². The van der Waals surface area contributed by atoms with Gasteiger partial charge in [0.2, 0.25) is 0 Å². The molecule has 190 valence electrons. The molecule has 0 amide bonds. The summed E-state index contributed by atoms with van der Waals surface area (Å²) in [5, 5.41) is 2.51. The number of fused-ring (bicyclic) bond motifs is 1. The summed E-state index contributed by atoms with van der Waals surface area (Å²) in [6, 6.07) is 21.1. The van der Waals surface area contributed by atoms with Crippen molar-refractivity contribution >= 4 is 42.5 Å². The molecule has 0 saturated heterocycles. The van der Waals surface area contributed by atoms with E-state index in [-0.39, 0.29) is 39.7 Å². The van der Waals surface area contributed by atoms with Crippen molar-refractivity contribution in [3.63, 3.8) is 0 Å². The number of rotatable bonds is 3. The minimum atomic E-state index is 0. The summed E-state index contributed by atoms with van der Waals surface area (Å²) >= 11 is 1.36. The van der Waals surface area contributed by atoms with Crippen LogP contribution in [-0.4, -0.2) is 16.8 Å². The van der Waals surface area contributed by atoms with Crippen molar-refractivity contribution in [2.75, 3.05) is 0 Å². The summed E-state index contributed by atoms with van der Waals surface area (Å²) in [7, 11) is 0. The van der Waals surface area contributed by atoms with Crippen molar-refractivity contribution in [3.05, 3.63) is 117 Å². The van der Waals surface area contributed by atoms with Crippen LogP contribution >= 0.6 is 24.8 Å². The molecule has 2 radical (unpaired) electrons. The van der Waals surface area contributed by atoms with Crippen LogP contribution in [0.4, 0.5) is 0 Å². The normalized spacial score (nSPS) is 10.7. The van der Waals surface area contributed by atoms with E-state index in [1.807, 2.05) is 36.7 Å². The summed E-state index contributed by atoms with van der Waals surface area (Å²) in [6.45, 7) is 9.58. The molecule has 0 saturated carbocycles. The third kappa shape index (κ3) is 9.63. The zero-order valence-electron chi connectivity index (χ0n) is 21.6. The number of hydrogen-bond donors (Lipinski definition) is 0. The third-order valence-corrected chi connectivity index (χ3v) is 5.28.